The van der Waals surface area contributed by atoms with Crippen LogP contribution < -0.4 is 10.2 Å². The van der Waals surface area contributed by atoms with E-state index in [-0.39, 0.29) is 17.3 Å². The Morgan fingerprint density at radius 2 is 1.14 bits per heavy atom. The Labute approximate surface area is 219 Å². The molecule has 0 radical (unpaired) electrons. The van der Waals surface area contributed by atoms with Crippen molar-refractivity contribution in [1.29, 1.82) is 0 Å². The number of rotatable bonds is 3. The number of benzene rings is 4. The largest absolute Gasteiger partial charge is 0.508 e. The zero-order chi connectivity index (χ0) is 26.2. The molecular weight excluding hydrogens is 460 g/mol. The summed E-state index contributed by atoms with van der Waals surface area (Å²) in [4.78, 5) is 24.9. The molecule has 192 valence electrons. The Morgan fingerprint density at radius 3 is 1.65 bits per heavy atom. The number of hydrogen-bond donors (Lipinski definition) is 2. The molecule has 6 rings (SSSR count). The van der Waals surface area contributed by atoms with Crippen LogP contribution in [-0.4, -0.2) is 42.9 Å². The van der Waals surface area contributed by atoms with Crippen LogP contribution in [-0.2, 0) is 0 Å². The average molecular weight is 497 g/mol. The Kier molecular flexibility index (Phi) is 8.91. The third-order valence-corrected chi connectivity index (χ3v) is 6.89. The van der Waals surface area contributed by atoms with Crippen LogP contribution in [0.3, 0.4) is 0 Å². The Balaban J connectivity index is 0.000000149. The highest BCUT2D eigenvalue weighted by Gasteiger charge is 2.12. The fourth-order valence-corrected chi connectivity index (χ4v) is 4.70. The Morgan fingerprint density at radius 1 is 0.649 bits per heavy atom. The normalized spacial score (nSPS) is 14.6. The first-order valence-electron chi connectivity index (χ1n) is 13.1. The van der Waals surface area contributed by atoms with Crippen molar-refractivity contribution in [3.05, 3.63) is 83.9 Å². The second-order valence-electron chi connectivity index (χ2n) is 9.76. The van der Waals surface area contributed by atoms with Gasteiger partial charge in [-0.25, -0.2) is 0 Å². The van der Waals surface area contributed by atoms with Gasteiger partial charge in [0.05, 0.1) is 0 Å². The van der Waals surface area contributed by atoms with Crippen molar-refractivity contribution in [1.82, 2.24) is 5.32 Å². The van der Waals surface area contributed by atoms with E-state index in [4.69, 9.17) is 0 Å². The van der Waals surface area contributed by atoms with E-state index < -0.39 is 0 Å². The zero-order valence-corrected chi connectivity index (χ0v) is 21.8. The summed E-state index contributed by atoms with van der Waals surface area (Å²) >= 11 is 0. The number of phenols is 1. The summed E-state index contributed by atoms with van der Waals surface area (Å²) in [6.45, 7) is 7.98. The molecule has 2 heterocycles. The van der Waals surface area contributed by atoms with Crippen LogP contribution in [0.5, 0.6) is 5.75 Å². The number of carbonyl (C=O) groups excluding carboxylic acids is 2. The molecule has 0 saturated carbocycles. The molecule has 0 unspecified atom stereocenters. The zero-order valence-electron chi connectivity index (χ0n) is 21.8. The highest BCUT2D eigenvalue weighted by molar-refractivity contribution is 5.99. The maximum atomic E-state index is 11.4. The minimum absolute atomic E-state index is 0.0555. The van der Waals surface area contributed by atoms with E-state index in [0.717, 1.165) is 34.8 Å². The minimum Gasteiger partial charge on any atom is -0.508 e. The third-order valence-electron chi connectivity index (χ3n) is 6.89. The molecule has 0 atom stereocenters. The quantitative estimate of drug-likeness (QED) is 0.307. The standard InChI is InChI=1S/C16H17NO.C12H10O2.C4H9N/c1-12(18)13-4-5-15-11-16(7-6-14(15)10-13)17-8-2-3-9-17;1-8(13)9-2-3-11-7-12(14)5-4-10(11)6-9;1-2-4-5-3-1/h4-7,10-11H,2-3,8-9H2,1H3;2-7,14H,1H3;5H,1-4H2. The highest BCUT2D eigenvalue weighted by atomic mass is 16.3. The van der Waals surface area contributed by atoms with Crippen molar-refractivity contribution < 1.29 is 14.7 Å². The molecular formula is C32H36N2O3. The molecule has 0 bridgehead atoms. The van der Waals surface area contributed by atoms with E-state index >= 15 is 0 Å². The summed E-state index contributed by atoms with van der Waals surface area (Å²) in [7, 11) is 0. The monoisotopic (exact) mass is 496 g/mol. The van der Waals surface area contributed by atoms with Gasteiger partial charge in [-0.2, -0.15) is 0 Å². The predicted octanol–water partition coefficient (Wildman–Crippen LogP) is 6.76. The number of phenolic OH excluding ortho intramolecular Hbond substituents is 1. The first kappa shape index (κ1) is 26.4. The lowest BCUT2D eigenvalue weighted by atomic mass is 10.0. The summed E-state index contributed by atoms with van der Waals surface area (Å²) in [5.74, 6) is 0.425. The average Bonchev–Trinajstić information content (AvgIpc) is 3.66. The summed E-state index contributed by atoms with van der Waals surface area (Å²) in [6, 6.07) is 23.0. The lowest BCUT2D eigenvalue weighted by Crippen LogP contribution is -2.17. The van der Waals surface area contributed by atoms with Crippen LogP contribution >= 0.6 is 0 Å². The second-order valence-corrected chi connectivity index (χ2v) is 9.76. The molecule has 5 heteroatoms. The van der Waals surface area contributed by atoms with E-state index in [9.17, 15) is 14.7 Å². The van der Waals surface area contributed by atoms with E-state index in [0.29, 0.717) is 5.56 Å². The van der Waals surface area contributed by atoms with Gasteiger partial charge in [-0.15, -0.1) is 0 Å². The van der Waals surface area contributed by atoms with Crippen molar-refractivity contribution in [2.75, 3.05) is 31.1 Å². The van der Waals surface area contributed by atoms with E-state index in [1.165, 1.54) is 49.8 Å². The number of ketones is 2. The van der Waals surface area contributed by atoms with Crippen molar-refractivity contribution in [2.24, 2.45) is 0 Å². The van der Waals surface area contributed by atoms with Crippen molar-refractivity contribution in [3.8, 4) is 5.75 Å². The van der Waals surface area contributed by atoms with Crippen LogP contribution in [0.4, 0.5) is 5.69 Å². The van der Waals surface area contributed by atoms with Gasteiger partial charge in [0.15, 0.2) is 11.6 Å². The topological polar surface area (TPSA) is 69.6 Å². The summed E-state index contributed by atoms with van der Waals surface area (Å²) in [5, 5.41) is 16.7. The Hall–Kier alpha value is -3.70. The molecule has 2 N–H and O–H groups in total. The van der Waals surface area contributed by atoms with Gasteiger partial charge in [-0.05, 0) is 111 Å². The number of fused-ring (bicyclic) bond motifs is 2. The molecule has 2 fully saturated rings. The smallest absolute Gasteiger partial charge is 0.159 e. The molecule has 0 aliphatic carbocycles. The molecule has 0 amide bonds. The first-order valence-corrected chi connectivity index (χ1v) is 13.1. The lowest BCUT2D eigenvalue weighted by molar-refractivity contribution is 0.100. The second kappa shape index (κ2) is 12.5. The fourth-order valence-electron chi connectivity index (χ4n) is 4.70. The SMILES string of the molecule is C1CCNC1.CC(=O)c1ccc2cc(N3CCCC3)ccc2c1.CC(=O)c1ccc2cc(O)ccc2c1. The maximum absolute atomic E-state index is 11.4. The number of nitrogens with zero attached hydrogens (tertiary/aromatic N) is 1. The molecule has 0 spiro atoms. The Bertz CT molecular complexity index is 1380. The van der Waals surface area contributed by atoms with Crippen LogP contribution in [0.2, 0.25) is 0 Å². The first-order chi connectivity index (χ1) is 17.9. The summed E-state index contributed by atoms with van der Waals surface area (Å²) in [6.07, 6.45) is 5.36. The van der Waals surface area contributed by atoms with Gasteiger partial charge < -0.3 is 15.3 Å². The molecule has 5 nitrogen and oxygen atoms in total. The van der Waals surface area contributed by atoms with E-state index in [2.05, 4.69) is 28.4 Å². The molecule has 4 aromatic carbocycles. The van der Waals surface area contributed by atoms with Gasteiger partial charge in [0.25, 0.3) is 0 Å². The van der Waals surface area contributed by atoms with Crippen LogP contribution in [0, 0.1) is 0 Å². The van der Waals surface area contributed by atoms with Gasteiger partial charge in [0.1, 0.15) is 5.75 Å². The van der Waals surface area contributed by atoms with Crippen LogP contribution in [0.1, 0.15) is 60.2 Å². The number of hydrogen-bond acceptors (Lipinski definition) is 5. The molecule has 2 saturated heterocycles. The fraction of sp³-hybridized carbons (Fsp3) is 0.312. The third kappa shape index (κ3) is 7.17. The van der Waals surface area contributed by atoms with E-state index in [1.807, 2.05) is 30.3 Å². The maximum Gasteiger partial charge on any atom is 0.159 e. The van der Waals surface area contributed by atoms with E-state index in [1.54, 1.807) is 38.1 Å². The van der Waals surface area contributed by atoms with Gasteiger partial charge in [-0.1, -0.05) is 36.4 Å². The molecule has 37 heavy (non-hydrogen) atoms. The van der Waals surface area contributed by atoms with Crippen molar-refractivity contribution in [3.63, 3.8) is 0 Å². The van der Waals surface area contributed by atoms with Gasteiger partial charge in [0, 0.05) is 29.9 Å². The van der Waals surface area contributed by atoms with Crippen molar-refractivity contribution in [2.45, 2.75) is 39.5 Å². The summed E-state index contributed by atoms with van der Waals surface area (Å²) in [5.41, 5.74) is 2.79. The number of carbonyl (C=O) groups is 2. The van der Waals surface area contributed by atoms with Gasteiger partial charge in [-0.3, -0.25) is 9.59 Å². The number of aromatic hydroxyl groups is 1. The predicted molar refractivity (Wildman–Crippen MR) is 153 cm³/mol. The summed E-state index contributed by atoms with van der Waals surface area (Å²) < 4.78 is 0. The number of nitrogens with one attached hydrogen (secondary N) is 1. The molecule has 4 aromatic rings. The lowest BCUT2D eigenvalue weighted by Gasteiger charge is -2.18. The number of Topliss-reactive ketones (excluding diaryl/α,β-unsaturated/α-hetero) is 2. The minimum atomic E-state index is 0.0555. The number of anilines is 1. The molecule has 2 aliphatic heterocycles. The van der Waals surface area contributed by atoms with Gasteiger partial charge >= 0.3 is 0 Å². The van der Waals surface area contributed by atoms with Crippen LogP contribution in [0.25, 0.3) is 21.5 Å². The highest BCUT2D eigenvalue weighted by Crippen LogP contribution is 2.26. The van der Waals surface area contributed by atoms with Gasteiger partial charge in [0.2, 0.25) is 0 Å². The van der Waals surface area contributed by atoms with Crippen molar-refractivity contribution >= 4 is 38.8 Å². The molecule has 0 aromatic heterocycles. The van der Waals surface area contributed by atoms with Crippen LogP contribution in [0.15, 0.2) is 72.8 Å². The molecule has 2 aliphatic rings.